The summed E-state index contributed by atoms with van der Waals surface area (Å²) < 4.78 is 15.9. The van der Waals surface area contributed by atoms with Gasteiger partial charge in [0, 0.05) is 11.6 Å². The van der Waals surface area contributed by atoms with Crippen LogP contribution < -0.4 is 10.1 Å². The van der Waals surface area contributed by atoms with Gasteiger partial charge in [-0.1, -0.05) is 6.42 Å². The van der Waals surface area contributed by atoms with E-state index in [0.717, 1.165) is 12.3 Å². The molecular formula is C23H25NO5S. The molecule has 2 aromatic rings. The highest BCUT2D eigenvalue weighted by Crippen LogP contribution is 2.44. The molecule has 1 amide bonds. The lowest BCUT2D eigenvalue weighted by Gasteiger charge is -2.22. The van der Waals surface area contributed by atoms with Crippen molar-refractivity contribution in [2.75, 3.05) is 14.2 Å². The zero-order chi connectivity index (χ0) is 21.3. The number of carbonyl (C=O) groups excluding carboxylic acids is 2. The highest BCUT2D eigenvalue weighted by molar-refractivity contribution is 7.85. The predicted octanol–water partition coefficient (Wildman–Crippen LogP) is 4.32. The van der Waals surface area contributed by atoms with Gasteiger partial charge in [0.1, 0.15) is 22.8 Å². The summed E-state index contributed by atoms with van der Waals surface area (Å²) in [5, 5.41) is 3.12. The number of ether oxygens (including phenoxy) is 2. The monoisotopic (exact) mass is 427 g/mol. The van der Waals surface area contributed by atoms with Crippen molar-refractivity contribution < 1.29 is 23.5 Å². The van der Waals surface area contributed by atoms with Crippen LogP contribution in [0.3, 0.4) is 0 Å². The topological polar surface area (TPSA) is 77.8 Å². The van der Waals surface area contributed by atoms with Gasteiger partial charge in [-0.15, -0.1) is 12.6 Å². The van der Waals surface area contributed by atoms with Crippen molar-refractivity contribution in [2.24, 2.45) is 11.8 Å². The first-order valence-electron chi connectivity index (χ1n) is 10.1. The van der Waals surface area contributed by atoms with E-state index in [1.807, 2.05) is 0 Å². The van der Waals surface area contributed by atoms with Crippen LogP contribution >= 0.6 is 12.6 Å². The Labute approximate surface area is 181 Å². The van der Waals surface area contributed by atoms with E-state index in [9.17, 15) is 9.59 Å². The maximum absolute atomic E-state index is 12.5. The smallest absolute Gasteiger partial charge is 0.341 e. The zero-order valence-corrected chi connectivity index (χ0v) is 17.9. The highest BCUT2D eigenvalue weighted by atomic mass is 32.1. The number of methoxy groups -OCH3 is 2. The number of amides is 1. The highest BCUT2D eigenvalue weighted by Gasteiger charge is 2.40. The molecule has 30 heavy (non-hydrogen) atoms. The molecule has 0 radical (unpaired) electrons. The Morgan fingerprint density at radius 3 is 2.67 bits per heavy atom. The number of nitrogens with one attached hydrogen (secondary N) is 1. The number of carbonyl (C=O) groups is 2. The van der Waals surface area contributed by atoms with Crippen molar-refractivity contribution in [3.63, 3.8) is 0 Å². The van der Waals surface area contributed by atoms with Gasteiger partial charge in [-0.05, 0) is 67.5 Å². The second kappa shape index (κ2) is 8.60. The maximum atomic E-state index is 12.5. The third-order valence-corrected chi connectivity index (χ3v) is 6.41. The average Bonchev–Trinajstić information content (AvgIpc) is 3.50. The van der Waals surface area contributed by atoms with Crippen LogP contribution in [-0.4, -0.2) is 32.1 Å². The summed E-state index contributed by atoms with van der Waals surface area (Å²) >= 11 is 4.37. The fourth-order valence-corrected chi connectivity index (χ4v) is 4.77. The summed E-state index contributed by atoms with van der Waals surface area (Å²) in [6.45, 7) is 0. The predicted molar refractivity (Wildman–Crippen MR) is 116 cm³/mol. The molecule has 2 fully saturated rings. The fraction of sp³-hybridized carbons (Fsp3) is 0.391. The molecule has 0 saturated heterocycles. The van der Waals surface area contributed by atoms with Crippen molar-refractivity contribution in [3.05, 3.63) is 46.6 Å². The summed E-state index contributed by atoms with van der Waals surface area (Å²) in [7, 11) is 2.81. The van der Waals surface area contributed by atoms with Gasteiger partial charge in [-0.2, -0.15) is 0 Å². The van der Waals surface area contributed by atoms with Gasteiger partial charge in [0.15, 0.2) is 0 Å². The first-order valence-corrected chi connectivity index (χ1v) is 10.5. The van der Waals surface area contributed by atoms with E-state index in [1.165, 1.54) is 33.5 Å². The summed E-state index contributed by atoms with van der Waals surface area (Å²) in [6, 6.07) is 8.94. The Morgan fingerprint density at radius 2 is 2.00 bits per heavy atom. The van der Waals surface area contributed by atoms with Crippen molar-refractivity contribution in [3.8, 4) is 17.1 Å². The van der Waals surface area contributed by atoms with Crippen LogP contribution in [0.25, 0.3) is 17.4 Å². The minimum absolute atomic E-state index is 0.175. The van der Waals surface area contributed by atoms with Gasteiger partial charge >= 0.3 is 5.97 Å². The minimum Gasteiger partial charge on any atom is -0.496 e. The quantitative estimate of drug-likeness (QED) is 0.408. The molecule has 4 rings (SSSR count). The molecule has 2 bridgehead atoms. The van der Waals surface area contributed by atoms with Gasteiger partial charge < -0.3 is 19.2 Å². The number of rotatable bonds is 6. The average molecular weight is 428 g/mol. The summed E-state index contributed by atoms with van der Waals surface area (Å²) in [4.78, 5) is 24.8. The van der Waals surface area contributed by atoms with Crippen LogP contribution in [0.1, 0.15) is 41.8 Å². The standard InChI is InChI=1S/C23H25NO5S/c1-27-20-7-5-15(11-17(20)23(26)28-2)19-8-6-16(29-19)12-21(30)22(25)24-18-10-13-3-4-14(18)9-13/h5-8,11-14,18,30H,3-4,9-10H2,1-2H3,(H,24,25)/b21-12-. The SMILES string of the molecule is COC(=O)c1cc(-c2ccc(/C=C(\S)C(=O)NC3CC4CCC3C4)o2)ccc1OC. The van der Waals surface area contributed by atoms with E-state index in [-0.39, 0.29) is 11.9 Å². The molecule has 7 heteroatoms. The normalized spacial score (nSPS) is 22.8. The molecule has 2 saturated carbocycles. The molecule has 3 unspecified atom stereocenters. The molecule has 6 nitrogen and oxygen atoms in total. The van der Waals surface area contributed by atoms with Gasteiger partial charge in [0.2, 0.25) is 0 Å². The Bertz CT molecular complexity index is 995. The lowest BCUT2D eigenvalue weighted by Crippen LogP contribution is -2.38. The lowest BCUT2D eigenvalue weighted by atomic mass is 9.95. The number of fused-ring (bicyclic) bond motifs is 2. The third kappa shape index (κ3) is 4.12. The van der Waals surface area contributed by atoms with Crippen molar-refractivity contribution in [1.82, 2.24) is 5.32 Å². The molecule has 1 aromatic carbocycles. The minimum atomic E-state index is -0.490. The number of hydrogen-bond donors (Lipinski definition) is 2. The van der Waals surface area contributed by atoms with Gasteiger partial charge in [-0.3, -0.25) is 4.79 Å². The molecule has 3 atom stereocenters. The first-order chi connectivity index (χ1) is 14.5. The van der Waals surface area contributed by atoms with Crippen LogP contribution in [-0.2, 0) is 9.53 Å². The van der Waals surface area contributed by atoms with E-state index < -0.39 is 5.97 Å². The van der Waals surface area contributed by atoms with E-state index in [2.05, 4.69) is 17.9 Å². The lowest BCUT2D eigenvalue weighted by molar-refractivity contribution is -0.117. The molecule has 1 aromatic heterocycles. The molecule has 0 aliphatic heterocycles. The van der Waals surface area contributed by atoms with Crippen molar-refractivity contribution in [1.29, 1.82) is 0 Å². The Morgan fingerprint density at radius 1 is 1.17 bits per heavy atom. The number of furan rings is 1. The number of esters is 1. The van der Waals surface area contributed by atoms with Gasteiger partial charge in [0.25, 0.3) is 5.91 Å². The first kappa shape index (κ1) is 20.6. The molecule has 1 N–H and O–H groups in total. The molecular weight excluding hydrogens is 402 g/mol. The fourth-order valence-electron chi connectivity index (χ4n) is 4.58. The van der Waals surface area contributed by atoms with Crippen LogP contribution in [0.5, 0.6) is 5.75 Å². The van der Waals surface area contributed by atoms with E-state index >= 15 is 0 Å². The van der Waals surface area contributed by atoms with E-state index in [0.29, 0.717) is 39.2 Å². The molecule has 1 heterocycles. The maximum Gasteiger partial charge on any atom is 0.341 e. The van der Waals surface area contributed by atoms with Gasteiger partial charge in [0.05, 0.1) is 19.1 Å². The largest absolute Gasteiger partial charge is 0.496 e. The molecule has 2 aliphatic carbocycles. The summed E-state index contributed by atoms with van der Waals surface area (Å²) in [6.07, 6.45) is 6.41. The molecule has 2 aliphatic rings. The Balaban J connectivity index is 1.48. The van der Waals surface area contributed by atoms with Crippen molar-refractivity contribution in [2.45, 2.75) is 31.7 Å². The van der Waals surface area contributed by atoms with E-state index in [1.54, 1.807) is 36.4 Å². The van der Waals surface area contributed by atoms with Crippen LogP contribution in [0.15, 0.2) is 39.7 Å². The van der Waals surface area contributed by atoms with Crippen molar-refractivity contribution >= 4 is 30.6 Å². The summed E-state index contributed by atoms with van der Waals surface area (Å²) in [5.74, 6) is 2.19. The second-order valence-electron chi connectivity index (χ2n) is 7.89. The zero-order valence-electron chi connectivity index (χ0n) is 17.0. The molecule has 0 spiro atoms. The third-order valence-electron chi connectivity index (χ3n) is 6.08. The Hall–Kier alpha value is -2.67. The van der Waals surface area contributed by atoms with Crippen LogP contribution in [0.2, 0.25) is 0 Å². The Kier molecular flexibility index (Phi) is 5.90. The van der Waals surface area contributed by atoms with Gasteiger partial charge in [-0.25, -0.2) is 4.79 Å². The number of benzene rings is 1. The summed E-state index contributed by atoms with van der Waals surface area (Å²) in [5.41, 5.74) is 1.01. The number of thiol groups is 1. The van der Waals surface area contributed by atoms with Crippen LogP contribution in [0.4, 0.5) is 0 Å². The number of hydrogen-bond acceptors (Lipinski definition) is 6. The second-order valence-corrected chi connectivity index (χ2v) is 8.37. The molecule has 158 valence electrons. The van der Waals surface area contributed by atoms with E-state index in [4.69, 9.17) is 13.9 Å². The van der Waals surface area contributed by atoms with Crippen LogP contribution in [0, 0.1) is 11.8 Å².